The van der Waals surface area contributed by atoms with Gasteiger partial charge in [-0.25, -0.2) is 0 Å². The molecule has 112 valence electrons. The molecule has 0 heterocycles. The fraction of sp³-hybridized carbons (Fsp3) is 0.588. The highest BCUT2D eigenvalue weighted by molar-refractivity contribution is 9.09. The lowest BCUT2D eigenvalue weighted by molar-refractivity contribution is -0.120. The lowest BCUT2D eigenvalue weighted by Gasteiger charge is -2.22. The first-order valence-corrected chi connectivity index (χ1v) is 8.06. The lowest BCUT2D eigenvalue weighted by Crippen LogP contribution is -2.32. The van der Waals surface area contributed by atoms with Crippen molar-refractivity contribution in [1.29, 1.82) is 0 Å². The van der Waals surface area contributed by atoms with Crippen LogP contribution in [0.5, 0.6) is 0 Å². The molecular weight excluding hydrogens is 314 g/mol. The SMILES string of the molecule is Cc1ccc(C)c(CC(=O)NCC(Br)CC(C)(C)C)c1. The van der Waals surface area contributed by atoms with E-state index >= 15 is 0 Å². The molecule has 1 unspecified atom stereocenters. The molecule has 1 rings (SSSR count). The molecular formula is C17H26BrNO. The molecule has 0 fully saturated rings. The average Bonchev–Trinajstić information content (AvgIpc) is 2.29. The van der Waals surface area contributed by atoms with Crippen LogP contribution in [0.25, 0.3) is 0 Å². The van der Waals surface area contributed by atoms with E-state index in [0.717, 1.165) is 12.0 Å². The van der Waals surface area contributed by atoms with Crippen LogP contribution in [0.3, 0.4) is 0 Å². The normalized spacial score (nSPS) is 13.1. The Morgan fingerprint density at radius 3 is 2.55 bits per heavy atom. The summed E-state index contributed by atoms with van der Waals surface area (Å²) in [6, 6.07) is 6.25. The number of carbonyl (C=O) groups excluding carboxylic acids is 1. The summed E-state index contributed by atoms with van der Waals surface area (Å²) in [5.74, 6) is 0.0945. The molecule has 0 spiro atoms. The Balaban J connectivity index is 2.46. The van der Waals surface area contributed by atoms with Crippen molar-refractivity contribution in [2.24, 2.45) is 5.41 Å². The third-order valence-corrected chi connectivity index (χ3v) is 3.86. The van der Waals surface area contributed by atoms with Gasteiger partial charge >= 0.3 is 0 Å². The van der Waals surface area contributed by atoms with E-state index in [4.69, 9.17) is 0 Å². The third kappa shape index (κ3) is 6.56. The second-order valence-corrected chi connectivity index (χ2v) is 8.07. The number of hydrogen-bond donors (Lipinski definition) is 1. The molecule has 0 radical (unpaired) electrons. The zero-order valence-corrected chi connectivity index (χ0v) is 14.8. The van der Waals surface area contributed by atoms with Crippen LogP contribution in [0, 0.1) is 19.3 Å². The van der Waals surface area contributed by atoms with Gasteiger partial charge in [-0.3, -0.25) is 4.79 Å². The van der Waals surface area contributed by atoms with Crippen LogP contribution >= 0.6 is 15.9 Å². The van der Waals surface area contributed by atoms with Gasteiger partial charge in [-0.15, -0.1) is 0 Å². The summed E-state index contributed by atoms with van der Waals surface area (Å²) in [4.78, 5) is 12.3. The van der Waals surface area contributed by atoms with Crippen LogP contribution in [0.1, 0.15) is 43.9 Å². The Hall–Kier alpha value is -0.830. The maximum absolute atomic E-state index is 12.0. The number of amides is 1. The molecule has 1 amide bonds. The molecule has 0 saturated heterocycles. The van der Waals surface area contributed by atoms with E-state index in [2.05, 4.69) is 74.1 Å². The van der Waals surface area contributed by atoms with Crippen molar-refractivity contribution in [2.45, 2.75) is 52.3 Å². The number of rotatable bonds is 5. The Labute approximate surface area is 131 Å². The first kappa shape index (κ1) is 17.2. The molecule has 0 bridgehead atoms. The van der Waals surface area contributed by atoms with Gasteiger partial charge in [0.05, 0.1) is 6.42 Å². The summed E-state index contributed by atoms with van der Waals surface area (Å²) >= 11 is 3.64. The maximum Gasteiger partial charge on any atom is 0.224 e. The van der Waals surface area contributed by atoms with Crippen LogP contribution in [-0.2, 0) is 11.2 Å². The molecule has 1 N–H and O–H groups in total. The Morgan fingerprint density at radius 1 is 1.30 bits per heavy atom. The zero-order valence-electron chi connectivity index (χ0n) is 13.2. The fourth-order valence-corrected chi connectivity index (χ4v) is 3.32. The highest BCUT2D eigenvalue weighted by Crippen LogP contribution is 2.24. The molecule has 0 aromatic heterocycles. The molecule has 0 aliphatic rings. The van der Waals surface area contributed by atoms with E-state index < -0.39 is 0 Å². The monoisotopic (exact) mass is 339 g/mol. The van der Waals surface area contributed by atoms with Crippen LogP contribution in [0.2, 0.25) is 0 Å². The van der Waals surface area contributed by atoms with Crippen molar-refractivity contribution in [2.75, 3.05) is 6.54 Å². The number of aryl methyl sites for hydroxylation is 2. The molecule has 0 aliphatic carbocycles. The molecule has 3 heteroatoms. The minimum absolute atomic E-state index is 0.0945. The van der Waals surface area contributed by atoms with Gasteiger partial charge in [0.25, 0.3) is 0 Å². The summed E-state index contributed by atoms with van der Waals surface area (Å²) in [5, 5.41) is 3.01. The summed E-state index contributed by atoms with van der Waals surface area (Å²) in [6.07, 6.45) is 1.50. The van der Waals surface area contributed by atoms with Crippen molar-refractivity contribution in [3.8, 4) is 0 Å². The zero-order chi connectivity index (χ0) is 15.3. The number of alkyl halides is 1. The predicted octanol–water partition coefficient (Wildman–Crippen LogP) is 4.16. The Kier molecular flexibility index (Phi) is 6.25. The van der Waals surface area contributed by atoms with Crippen molar-refractivity contribution < 1.29 is 4.79 Å². The molecule has 20 heavy (non-hydrogen) atoms. The number of hydrogen-bond acceptors (Lipinski definition) is 1. The van der Waals surface area contributed by atoms with E-state index in [1.165, 1.54) is 11.1 Å². The van der Waals surface area contributed by atoms with Gasteiger partial charge in [-0.1, -0.05) is 60.5 Å². The van der Waals surface area contributed by atoms with Gasteiger partial charge in [0, 0.05) is 11.4 Å². The van der Waals surface area contributed by atoms with Gasteiger partial charge < -0.3 is 5.32 Å². The topological polar surface area (TPSA) is 29.1 Å². The van der Waals surface area contributed by atoms with E-state index in [9.17, 15) is 4.79 Å². The number of benzene rings is 1. The first-order valence-electron chi connectivity index (χ1n) is 7.14. The number of halogens is 1. The van der Waals surface area contributed by atoms with E-state index in [-0.39, 0.29) is 11.3 Å². The minimum Gasteiger partial charge on any atom is -0.355 e. The number of nitrogens with one attached hydrogen (secondary N) is 1. The molecule has 2 nitrogen and oxygen atoms in total. The molecule has 0 saturated carbocycles. The second kappa shape index (κ2) is 7.26. The highest BCUT2D eigenvalue weighted by Gasteiger charge is 2.17. The van der Waals surface area contributed by atoms with Gasteiger partial charge in [-0.05, 0) is 36.8 Å². The lowest BCUT2D eigenvalue weighted by atomic mass is 9.90. The smallest absolute Gasteiger partial charge is 0.224 e. The van der Waals surface area contributed by atoms with Crippen molar-refractivity contribution in [1.82, 2.24) is 5.32 Å². The van der Waals surface area contributed by atoms with Crippen LogP contribution in [-0.4, -0.2) is 17.3 Å². The van der Waals surface area contributed by atoms with E-state index in [0.29, 0.717) is 17.8 Å². The van der Waals surface area contributed by atoms with E-state index in [1.807, 2.05) is 0 Å². The van der Waals surface area contributed by atoms with Gasteiger partial charge in [0.15, 0.2) is 0 Å². The van der Waals surface area contributed by atoms with E-state index in [1.54, 1.807) is 0 Å². The largest absolute Gasteiger partial charge is 0.355 e. The number of carbonyl (C=O) groups is 1. The quantitative estimate of drug-likeness (QED) is 0.801. The first-order chi connectivity index (χ1) is 9.17. The molecule has 1 atom stereocenters. The van der Waals surface area contributed by atoms with Gasteiger partial charge in [-0.2, -0.15) is 0 Å². The summed E-state index contributed by atoms with van der Waals surface area (Å²) in [7, 11) is 0. The Bertz CT molecular complexity index is 463. The van der Waals surface area contributed by atoms with Crippen molar-refractivity contribution in [3.63, 3.8) is 0 Å². The van der Waals surface area contributed by atoms with Crippen molar-refractivity contribution in [3.05, 3.63) is 34.9 Å². The summed E-state index contributed by atoms with van der Waals surface area (Å²) < 4.78 is 0. The van der Waals surface area contributed by atoms with Crippen LogP contribution < -0.4 is 5.32 Å². The van der Waals surface area contributed by atoms with Crippen molar-refractivity contribution >= 4 is 21.8 Å². The standard InChI is InChI=1S/C17H26BrNO/c1-12-6-7-13(2)14(8-12)9-16(20)19-11-15(18)10-17(3,4)5/h6-8,15H,9-11H2,1-5H3,(H,19,20). The highest BCUT2D eigenvalue weighted by atomic mass is 79.9. The maximum atomic E-state index is 12.0. The molecule has 1 aromatic carbocycles. The average molecular weight is 340 g/mol. The third-order valence-electron chi connectivity index (χ3n) is 3.21. The van der Waals surface area contributed by atoms with Gasteiger partial charge in [0.2, 0.25) is 5.91 Å². The minimum atomic E-state index is 0.0945. The molecule has 0 aliphatic heterocycles. The predicted molar refractivity (Wildman–Crippen MR) is 89.4 cm³/mol. The second-order valence-electron chi connectivity index (χ2n) is 6.77. The van der Waals surface area contributed by atoms with Crippen LogP contribution in [0.4, 0.5) is 0 Å². The molecule has 1 aromatic rings. The summed E-state index contributed by atoms with van der Waals surface area (Å²) in [6.45, 7) is 11.4. The summed E-state index contributed by atoms with van der Waals surface area (Å²) in [5.41, 5.74) is 3.76. The Morgan fingerprint density at radius 2 is 1.95 bits per heavy atom. The van der Waals surface area contributed by atoms with Crippen LogP contribution in [0.15, 0.2) is 18.2 Å². The fourth-order valence-electron chi connectivity index (χ4n) is 2.19. The van der Waals surface area contributed by atoms with Gasteiger partial charge in [0.1, 0.15) is 0 Å².